The standard InChI is InChI=1S/C16H12BrNO/c1-18-15-9-5-3-7-12(15)13(16(18)19)10-11-6-2-4-8-14(11)17/h2-10H,1H3. The van der Waals surface area contributed by atoms with Crippen LogP contribution in [0.5, 0.6) is 0 Å². The van der Waals surface area contributed by atoms with Crippen LogP contribution in [-0.4, -0.2) is 13.0 Å². The van der Waals surface area contributed by atoms with Gasteiger partial charge in [0.25, 0.3) is 5.91 Å². The predicted octanol–water partition coefficient (Wildman–Crippen LogP) is 3.97. The van der Waals surface area contributed by atoms with Crippen molar-refractivity contribution < 1.29 is 4.79 Å². The molecular weight excluding hydrogens is 302 g/mol. The van der Waals surface area contributed by atoms with Crippen LogP contribution in [0.1, 0.15) is 11.1 Å². The van der Waals surface area contributed by atoms with E-state index in [0.717, 1.165) is 26.9 Å². The van der Waals surface area contributed by atoms with E-state index in [-0.39, 0.29) is 5.91 Å². The highest BCUT2D eigenvalue weighted by Gasteiger charge is 2.28. The predicted molar refractivity (Wildman–Crippen MR) is 81.9 cm³/mol. The average molecular weight is 314 g/mol. The minimum Gasteiger partial charge on any atom is -0.311 e. The molecule has 0 saturated heterocycles. The van der Waals surface area contributed by atoms with Gasteiger partial charge in [-0.25, -0.2) is 0 Å². The van der Waals surface area contributed by atoms with Gasteiger partial charge in [0, 0.05) is 22.7 Å². The number of nitrogens with zero attached hydrogens (tertiary/aromatic N) is 1. The Morgan fingerprint density at radius 2 is 1.74 bits per heavy atom. The molecule has 19 heavy (non-hydrogen) atoms. The summed E-state index contributed by atoms with van der Waals surface area (Å²) in [7, 11) is 1.81. The first-order valence-electron chi connectivity index (χ1n) is 6.02. The smallest absolute Gasteiger partial charge is 0.258 e. The number of carbonyl (C=O) groups is 1. The van der Waals surface area contributed by atoms with Gasteiger partial charge >= 0.3 is 0 Å². The first-order valence-corrected chi connectivity index (χ1v) is 6.81. The highest BCUT2D eigenvalue weighted by molar-refractivity contribution is 9.10. The van der Waals surface area contributed by atoms with Crippen LogP contribution in [-0.2, 0) is 4.79 Å². The Hall–Kier alpha value is -1.87. The van der Waals surface area contributed by atoms with Gasteiger partial charge in [-0.3, -0.25) is 4.79 Å². The van der Waals surface area contributed by atoms with Gasteiger partial charge in [0.1, 0.15) is 0 Å². The number of halogens is 1. The fourth-order valence-corrected chi connectivity index (χ4v) is 2.69. The van der Waals surface area contributed by atoms with Crippen molar-refractivity contribution in [3.8, 4) is 0 Å². The fourth-order valence-electron chi connectivity index (χ4n) is 2.29. The van der Waals surface area contributed by atoms with Gasteiger partial charge in [0.15, 0.2) is 0 Å². The van der Waals surface area contributed by atoms with Crippen molar-refractivity contribution >= 4 is 39.2 Å². The molecule has 0 aromatic heterocycles. The Morgan fingerprint density at radius 3 is 2.53 bits per heavy atom. The molecule has 0 saturated carbocycles. The minimum atomic E-state index is 0.0388. The Labute approximate surface area is 120 Å². The van der Waals surface area contributed by atoms with Gasteiger partial charge in [-0.05, 0) is 23.8 Å². The van der Waals surface area contributed by atoms with Gasteiger partial charge in [0.05, 0.1) is 5.69 Å². The van der Waals surface area contributed by atoms with Gasteiger partial charge in [-0.2, -0.15) is 0 Å². The Morgan fingerprint density at radius 1 is 1.05 bits per heavy atom. The molecule has 1 aliphatic rings. The first kappa shape index (κ1) is 12.2. The zero-order chi connectivity index (χ0) is 13.4. The molecule has 0 bridgehead atoms. The summed E-state index contributed by atoms with van der Waals surface area (Å²) in [6.07, 6.45) is 1.94. The second-order valence-corrected chi connectivity index (χ2v) is 5.32. The van der Waals surface area contributed by atoms with Crippen LogP contribution in [0, 0.1) is 0 Å². The fraction of sp³-hybridized carbons (Fsp3) is 0.0625. The number of anilines is 1. The number of carbonyl (C=O) groups excluding carboxylic acids is 1. The van der Waals surface area contributed by atoms with Gasteiger partial charge in [0.2, 0.25) is 0 Å². The molecule has 1 heterocycles. The summed E-state index contributed by atoms with van der Waals surface area (Å²) >= 11 is 3.51. The highest BCUT2D eigenvalue weighted by atomic mass is 79.9. The third-order valence-electron chi connectivity index (χ3n) is 3.30. The molecule has 0 N–H and O–H groups in total. The molecule has 0 spiro atoms. The third kappa shape index (κ3) is 2.00. The lowest BCUT2D eigenvalue weighted by atomic mass is 10.0. The van der Waals surface area contributed by atoms with E-state index in [1.165, 1.54) is 0 Å². The number of para-hydroxylation sites is 1. The summed E-state index contributed by atoms with van der Waals surface area (Å²) in [6, 6.07) is 15.7. The van der Waals surface area contributed by atoms with E-state index in [2.05, 4.69) is 15.9 Å². The van der Waals surface area contributed by atoms with Crippen LogP contribution in [0.4, 0.5) is 5.69 Å². The summed E-state index contributed by atoms with van der Waals surface area (Å²) in [5, 5.41) is 0. The van der Waals surface area contributed by atoms with Crippen LogP contribution >= 0.6 is 15.9 Å². The summed E-state index contributed by atoms with van der Waals surface area (Å²) in [5.41, 5.74) is 3.71. The van der Waals surface area contributed by atoms with E-state index >= 15 is 0 Å². The third-order valence-corrected chi connectivity index (χ3v) is 4.02. The molecule has 0 fully saturated rings. The largest absolute Gasteiger partial charge is 0.311 e. The molecule has 1 aliphatic heterocycles. The Kier molecular flexibility index (Phi) is 2.99. The Bertz CT molecular complexity index is 691. The van der Waals surface area contributed by atoms with Crippen LogP contribution in [0.25, 0.3) is 11.6 Å². The number of amides is 1. The second-order valence-electron chi connectivity index (χ2n) is 4.46. The molecule has 2 nitrogen and oxygen atoms in total. The van der Waals surface area contributed by atoms with Gasteiger partial charge in [-0.1, -0.05) is 52.3 Å². The zero-order valence-electron chi connectivity index (χ0n) is 10.4. The molecule has 3 heteroatoms. The summed E-state index contributed by atoms with van der Waals surface area (Å²) in [4.78, 5) is 14.0. The van der Waals surface area contributed by atoms with E-state index in [4.69, 9.17) is 0 Å². The number of hydrogen-bond donors (Lipinski definition) is 0. The Balaban J connectivity index is 2.16. The quantitative estimate of drug-likeness (QED) is 0.730. The molecule has 0 atom stereocenters. The number of likely N-dealkylation sites (N-methyl/N-ethyl adjacent to an activating group) is 1. The van der Waals surface area contributed by atoms with E-state index in [0.29, 0.717) is 0 Å². The lowest BCUT2D eigenvalue weighted by molar-refractivity contribution is -0.112. The van der Waals surface area contributed by atoms with Crippen LogP contribution in [0.15, 0.2) is 53.0 Å². The van der Waals surface area contributed by atoms with Crippen molar-refractivity contribution in [1.82, 2.24) is 0 Å². The monoisotopic (exact) mass is 313 g/mol. The van der Waals surface area contributed by atoms with E-state index in [1.54, 1.807) is 4.90 Å². The summed E-state index contributed by atoms with van der Waals surface area (Å²) in [5.74, 6) is 0.0388. The van der Waals surface area contributed by atoms with Crippen LogP contribution in [0.3, 0.4) is 0 Å². The topological polar surface area (TPSA) is 20.3 Å². The maximum Gasteiger partial charge on any atom is 0.258 e. The molecule has 0 radical (unpaired) electrons. The average Bonchev–Trinajstić information content (AvgIpc) is 2.67. The van der Waals surface area contributed by atoms with Crippen LogP contribution < -0.4 is 4.90 Å². The molecule has 2 aromatic carbocycles. The first-order chi connectivity index (χ1) is 9.18. The molecule has 0 unspecified atom stereocenters. The lowest BCUT2D eigenvalue weighted by Crippen LogP contribution is -2.20. The maximum atomic E-state index is 12.3. The maximum absolute atomic E-state index is 12.3. The molecule has 0 aliphatic carbocycles. The van der Waals surface area contributed by atoms with Crippen molar-refractivity contribution in [1.29, 1.82) is 0 Å². The summed E-state index contributed by atoms with van der Waals surface area (Å²) < 4.78 is 0.988. The van der Waals surface area contributed by atoms with E-state index < -0.39 is 0 Å². The lowest BCUT2D eigenvalue weighted by Gasteiger charge is -2.08. The normalized spacial score (nSPS) is 16.0. The summed E-state index contributed by atoms with van der Waals surface area (Å²) in [6.45, 7) is 0. The van der Waals surface area contributed by atoms with Crippen molar-refractivity contribution in [3.63, 3.8) is 0 Å². The number of hydrogen-bond acceptors (Lipinski definition) is 1. The number of fused-ring (bicyclic) bond motifs is 1. The number of rotatable bonds is 1. The van der Waals surface area contributed by atoms with E-state index in [9.17, 15) is 4.79 Å². The van der Waals surface area contributed by atoms with Crippen molar-refractivity contribution in [2.24, 2.45) is 0 Å². The molecule has 3 rings (SSSR count). The highest BCUT2D eigenvalue weighted by Crippen LogP contribution is 2.37. The van der Waals surface area contributed by atoms with Crippen molar-refractivity contribution in [2.45, 2.75) is 0 Å². The zero-order valence-corrected chi connectivity index (χ0v) is 12.0. The molecule has 1 amide bonds. The van der Waals surface area contributed by atoms with E-state index in [1.807, 2.05) is 61.7 Å². The second kappa shape index (κ2) is 4.67. The van der Waals surface area contributed by atoms with Crippen LogP contribution in [0.2, 0.25) is 0 Å². The molecule has 94 valence electrons. The van der Waals surface area contributed by atoms with Crippen molar-refractivity contribution in [2.75, 3.05) is 11.9 Å². The molecular formula is C16H12BrNO. The van der Waals surface area contributed by atoms with Crippen molar-refractivity contribution in [3.05, 3.63) is 64.1 Å². The van der Waals surface area contributed by atoms with Gasteiger partial charge < -0.3 is 4.90 Å². The number of benzene rings is 2. The molecule has 2 aromatic rings. The minimum absolute atomic E-state index is 0.0388. The van der Waals surface area contributed by atoms with Gasteiger partial charge in [-0.15, -0.1) is 0 Å². The SMILES string of the molecule is CN1C(=O)C(=Cc2ccccc2Br)c2ccccc21.